The van der Waals surface area contributed by atoms with E-state index in [9.17, 15) is 10.1 Å². The molecule has 1 N–H and O–H groups in total. The van der Waals surface area contributed by atoms with E-state index in [1.165, 1.54) is 0 Å². The molecule has 5 nitrogen and oxygen atoms in total. The first-order valence-electron chi connectivity index (χ1n) is 4.08. The van der Waals surface area contributed by atoms with Crippen LogP contribution in [0.2, 0.25) is 0 Å². The smallest absolute Gasteiger partial charge is 0.220 e. The molecule has 0 unspecified atom stereocenters. The monoisotopic (exact) mass is 191 g/mol. The van der Waals surface area contributed by atoms with Crippen LogP contribution < -0.4 is 5.32 Å². The molecule has 14 heavy (non-hydrogen) atoms. The van der Waals surface area contributed by atoms with Crippen LogP contribution in [0.1, 0.15) is 5.56 Å². The predicted octanol–water partition coefficient (Wildman–Crippen LogP) is 1.25. The highest BCUT2D eigenvalue weighted by molar-refractivity contribution is 5.46. The van der Waals surface area contributed by atoms with E-state index < -0.39 is 0 Å². The lowest BCUT2D eigenvalue weighted by Gasteiger charge is -2.02. The molecule has 1 aromatic rings. The third-order valence-corrected chi connectivity index (χ3v) is 1.64. The van der Waals surface area contributed by atoms with Gasteiger partial charge in [-0.3, -0.25) is 10.1 Å². The molecular formula is C9H9N3O2. The summed E-state index contributed by atoms with van der Waals surface area (Å²) in [5.74, 6) is 0. The molecule has 0 saturated carbocycles. The third-order valence-electron chi connectivity index (χ3n) is 1.64. The molecule has 0 spiro atoms. The fourth-order valence-corrected chi connectivity index (χ4v) is 0.954. The quantitative estimate of drug-likeness (QED) is 0.573. The van der Waals surface area contributed by atoms with Gasteiger partial charge >= 0.3 is 0 Å². The molecule has 0 aromatic heterocycles. The maximum absolute atomic E-state index is 10.0. The van der Waals surface area contributed by atoms with Gasteiger partial charge in [0.05, 0.1) is 18.2 Å². The molecule has 1 rings (SSSR count). The van der Waals surface area contributed by atoms with E-state index in [0.29, 0.717) is 12.1 Å². The second-order valence-electron chi connectivity index (χ2n) is 2.67. The van der Waals surface area contributed by atoms with Gasteiger partial charge in [-0.2, -0.15) is 5.26 Å². The number of anilines is 1. The molecule has 72 valence electrons. The van der Waals surface area contributed by atoms with Gasteiger partial charge in [0.2, 0.25) is 6.54 Å². The molecule has 0 heterocycles. The summed E-state index contributed by atoms with van der Waals surface area (Å²) in [7, 11) is 0. The second kappa shape index (κ2) is 4.82. The molecule has 5 heteroatoms. The fourth-order valence-electron chi connectivity index (χ4n) is 0.954. The van der Waals surface area contributed by atoms with Crippen LogP contribution in [0.4, 0.5) is 5.69 Å². The van der Waals surface area contributed by atoms with Crippen molar-refractivity contribution in [2.24, 2.45) is 0 Å². The normalized spacial score (nSPS) is 9.07. The molecule has 0 aliphatic carbocycles. The van der Waals surface area contributed by atoms with E-state index in [1.54, 1.807) is 24.3 Å². The lowest BCUT2D eigenvalue weighted by Crippen LogP contribution is -2.13. The van der Waals surface area contributed by atoms with Gasteiger partial charge in [-0.1, -0.05) is 0 Å². The Bertz CT molecular complexity index is 353. The Hall–Kier alpha value is -2.09. The Morgan fingerprint density at radius 1 is 1.43 bits per heavy atom. The Balaban J connectivity index is 2.45. The fraction of sp³-hybridized carbons (Fsp3) is 0.222. The van der Waals surface area contributed by atoms with Crippen LogP contribution in [-0.4, -0.2) is 18.0 Å². The number of hydrogen-bond donors (Lipinski definition) is 1. The molecule has 0 aliphatic rings. The third kappa shape index (κ3) is 3.11. The Morgan fingerprint density at radius 2 is 2.07 bits per heavy atom. The largest absolute Gasteiger partial charge is 0.378 e. The summed E-state index contributed by atoms with van der Waals surface area (Å²) in [6.07, 6.45) is 0. The molecule has 0 saturated heterocycles. The van der Waals surface area contributed by atoms with Crippen LogP contribution in [0, 0.1) is 21.4 Å². The average molecular weight is 191 g/mol. The summed E-state index contributed by atoms with van der Waals surface area (Å²) in [5.41, 5.74) is 1.36. The first-order valence-corrected chi connectivity index (χ1v) is 4.08. The molecule has 1 aromatic carbocycles. The maximum atomic E-state index is 10.0. The van der Waals surface area contributed by atoms with Crippen molar-refractivity contribution in [2.75, 3.05) is 18.4 Å². The number of benzene rings is 1. The molecular weight excluding hydrogens is 182 g/mol. The van der Waals surface area contributed by atoms with Crippen LogP contribution in [0.3, 0.4) is 0 Å². The Labute approximate surface area is 81.1 Å². The van der Waals surface area contributed by atoms with Gasteiger partial charge in [-0.05, 0) is 24.3 Å². The SMILES string of the molecule is N#Cc1ccc(NCC[N+](=O)[O-])cc1. The van der Waals surface area contributed by atoms with Gasteiger partial charge in [-0.25, -0.2) is 0 Å². The number of nitrogens with zero attached hydrogens (tertiary/aromatic N) is 2. The van der Waals surface area contributed by atoms with E-state index in [0.717, 1.165) is 5.69 Å². The summed E-state index contributed by atoms with van der Waals surface area (Å²) in [6, 6.07) is 8.76. The van der Waals surface area contributed by atoms with Crippen molar-refractivity contribution in [3.8, 4) is 6.07 Å². The highest BCUT2D eigenvalue weighted by Crippen LogP contribution is 2.07. The first kappa shape index (κ1) is 9.99. The highest BCUT2D eigenvalue weighted by Gasteiger charge is 1.96. The van der Waals surface area contributed by atoms with E-state index in [-0.39, 0.29) is 11.5 Å². The zero-order valence-electron chi connectivity index (χ0n) is 7.43. The van der Waals surface area contributed by atoms with Crippen molar-refractivity contribution in [3.63, 3.8) is 0 Å². The number of rotatable bonds is 4. The molecule has 0 fully saturated rings. The van der Waals surface area contributed by atoms with E-state index in [1.807, 2.05) is 6.07 Å². The minimum atomic E-state index is -0.378. The topological polar surface area (TPSA) is 79.0 Å². The summed E-state index contributed by atoms with van der Waals surface area (Å²) < 4.78 is 0. The number of hydrogen-bond acceptors (Lipinski definition) is 4. The molecule has 0 aliphatic heterocycles. The van der Waals surface area contributed by atoms with Gasteiger partial charge in [0.1, 0.15) is 0 Å². The molecule has 0 bridgehead atoms. The lowest BCUT2D eigenvalue weighted by molar-refractivity contribution is -0.476. The van der Waals surface area contributed by atoms with Crippen molar-refractivity contribution >= 4 is 5.69 Å². The summed E-state index contributed by atoms with van der Waals surface area (Å²) in [4.78, 5) is 9.63. The van der Waals surface area contributed by atoms with Gasteiger partial charge in [0, 0.05) is 10.6 Å². The summed E-state index contributed by atoms with van der Waals surface area (Å²) in [5, 5.41) is 21.4. The average Bonchev–Trinajstić information content (AvgIpc) is 2.18. The number of nitriles is 1. The standard InChI is InChI=1S/C9H9N3O2/c10-7-8-1-3-9(4-2-8)11-5-6-12(13)14/h1-4,11H,5-6H2. The van der Waals surface area contributed by atoms with E-state index in [2.05, 4.69) is 5.32 Å². The van der Waals surface area contributed by atoms with E-state index >= 15 is 0 Å². The van der Waals surface area contributed by atoms with Gasteiger partial charge < -0.3 is 5.32 Å². The summed E-state index contributed by atoms with van der Waals surface area (Å²) >= 11 is 0. The highest BCUT2D eigenvalue weighted by atomic mass is 16.6. The van der Waals surface area contributed by atoms with Crippen molar-refractivity contribution < 1.29 is 4.92 Å². The minimum absolute atomic E-state index is 0.111. The first-order chi connectivity index (χ1) is 6.72. The lowest BCUT2D eigenvalue weighted by atomic mass is 10.2. The van der Waals surface area contributed by atoms with Gasteiger partial charge in [-0.15, -0.1) is 0 Å². The van der Waals surface area contributed by atoms with Crippen LogP contribution >= 0.6 is 0 Å². The Morgan fingerprint density at radius 3 is 2.57 bits per heavy atom. The van der Waals surface area contributed by atoms with Crippen molar-refractivity contribution in [2.45, 2.75) is 0 Å². The number of nitrogens with one attached hydrogen (secondary N) is 1. The molecule has 0 radical (unpaired) electrons. The molecule has 0 amide bonds. The van der Waals surface area contributed by atoms with E-state index in [4.69, 9.17) is 5.26 Å². The second-order valence-corrected chi connectivity index (χ2v) is 2.67. The maximum Gasteiger partial charge on any atom is 0.220 e. The predicted molar refractivity (Wildman–Crippen MR) is 51.5 cm³/mol. The Kier molecular flexibility index (Phi) is 3.44. The van der Waals surface area contributed by atoms with Gasteiger partial charge in [0.25, 0.3) is 0 Å². The molecule has 0 atom stereocenters. The van der Waals surface area contributed by atoms with Gasteiger partial charge in [0.15, 0.2) is 0 Å². The number of nitro groups is 1. The van der Waals surface area contributed by atoms with Crippen LogP contribution in [0.15, 0.2) is 24.3 Å². The zero-order chi connectivity index (χ0) is 10.4. The van der Waals surface area contributed by atoms with Crippen LogP contribution in [0.25, 0.3) is 0 Å². The van der Waals surface area contributed by atoms with Crippen LogP contribution in [-0.2, 0) is 0 Å². The van der Waals surface area contributed by atoms with Crippen molar-refractivity contribution in [1.29, 1.82) is 5.26 Å². The minimum Gasteiger partial charge on any atom is -0.378 e. The van der Waals surface area contributed by atoms with Crippen molar-refractivity contribution in [1.82, 2.24) is 0 Å². The zero-order valence-corrected chi connectivity index (χ0v) is 7.43. The van der Waals surface area contributed by atoms with Crippen molar-refractivity contribution in [3.05, 3.63) is 39.9 Å². The summed E-state index contributed by atoms with van der Waals surface area (Å²) in [6.45, 7) is 0.179. The van der Waals surface area contributed by atoms with Crippen LogP contribution in [0.5, 0.6) is 0 Å².